The highest BCUT2D eigenvalue weighted by Gasteiger charge is 2.50. The number of aliphatic carboxylic acids is 1. The van der Waals surface area contributed by atoms with Crippen molar-refractivity contribution in [3.8, 4) is 0 Å². The summed E-state index contributed by atoms with van der Waals surface area (Å²) in [6.45, 7) is 0.260. The van der Waals surface area contributed by atoms with Gasteiger partial charge in [0.25, 0.3) is 5.91 Å². The minimum Gasteiger partial charge on any atom is -0.481 e. The van der Waals surface area contributed by atoms with Gasteiger partial charge in [-0.3, -0.25) is 9.59 Å². The molecule has 1 aliphatic heterocycles. The quantitative estimate of drug-likeness (QED) is 0.520. The Kier molecular flexibility index (Phi) is 1.82. The summed E-state index contributed by atoms with van der Waals surface area (Å²) in [6, 6.07) is 0. The molecule has 62 valence electrons. The molecule has 1 rings (SSSR count). The molecule has 0 bridgehead atoms. The molecule has 0 aliphatic carbocycles. The molecular formula is C6H9NO4. The molecule has 3 N–H and O–H groups in total. The number of carboxylic acids is 1. The highest BCUT2D eigenvalue weighted by atomic mass is 16.6. The molecule has 5 heteroatoms. The van der Waals surface area contributed by atoms with E-state index in [1.807, 2.05) is 0 Å². The van der Waals surface area contributed by atoms with E-state index in [9.17, 15) is 9.59 Å². The average Bonchev–Trinajstić information content (AvgIpc) is 2.63. The number of carbonyl (C=O) groups excluding carboxylic acids is 1. The molecule has 1 unspecified atom stereocenters. The second kappa shape index (κ2) is 2.50. The van der Waals surface area contributed by atoms with E-state index in [1.165, 1.54) is 0 Å². The van der Waals surface area contributed by atoms with Crippen LogP contribution < -0.4 is 5.73 Å². The lowest BCUT2D eigenvalue weighted by Crippen LogP contribution is -2.32. The van der Waals surface area contributed by atoms with Crippen LogP contribution in [-0.4, -0.2) is 29.2 Å². The second-order valence-electron chi connectivity index (χ2n) is 2.54. The standard InChI is InChI=1S/C6H9NO4/c7-5(10)6(3-11-6)2-1-4(8)9/h1-3H2,(H2,7,10)(H,8,9). The Bertz CT molecular complexity index is 197. The SMILES string of the molecule is NC(=O)C1(CCC(=O)O)CO1. The van der Waals surface area contributed by atoms with E-state index in [4.69, 9.17) is 15.6 Å². The van der Waals surface area contributed by atoms with Gasteiger partial charge < -0.3 is 15.6 Å². The highest BCUT2D eigenvalue weighted by Crippen LogP contribution is 2.31. The molecule has 0 spiro atoms. The second-order valence-corrected chi connectivity index (χ2v) is 2.54. The predicted molar refractivity (Wildman–Crippen MR) is 34.7 cm³/mol. The van der Waals surface area contributed by atoms with Gasteiger partial charge in [0, 0.05) is 6.42 Å². The van der Waals surface area contributed by atoms with Gasteiger partial charge in [-0.1, -0.05) is 0 Å². The first kappa shape index (κ1) is 8.00. The summed E-state index contributed by atoms with van der Waals surface area (Å²) in [6.07, 6.45) is 0.0978. The van der Waals surface area contributed by atoms with Crippen molar-refractivity contribution in [1.82, 2.24) is 0 Å². The Hall–Kier alpha value is -1.10. The third kappa shape index (κ3) is 1.68. The number of hydrogen-bond acceptors (Lipinski definition) is 3. The number of nitrogens with two attached hydrogens (primary N) is 1. The first-order valence-corrected chi connectivity index (χ1v) is 3.22. The van der Waals surface area contributed by atoms with Crippen LogP contribution in [-0.2, 0) is 14.3 Å². The molecule has 0 radical (unpaired) electrons. The monoisotopic (exact) mass is 159 g/mol. The Morgan fingerprint density at radius 3 is 2.45 bits per heavy atom. The predicted octanol–water partition coefficient (Wildman–Crippen LogP) is -0.895. The van der Waals surface area contributed by atoms with Gasteiger partial charge >= 0.3 is 5.97 Å². The van der Waals surface area contributed by atoms with Gasteiger partial charge in [-0.2, -0.15) is 0 Å². The summed E-state index contributed by atoms with van der Waals surface area (Å²) in [5, 5.41) is 8.28. The van der Waals surface area contributed by atoms with E-state index < -0.39 is 17.5 Å². The largest absolute Gasteiger partial charge is 0.481 e. The molecule has 1 saturated heterocycles. The third-order valence-electron chi connectivity index (χ3n) is 1.68. The van der Waals surface area contributed by atoms with Gasteiger partial charge in [-0.15, -0.1) is 0 Å². The van der Waals surface area contributed by atoms with Crippen LogP contribution in [0.3, 0.4) is 0 Å². The number of carbonyl (C=O) groups is 2. The molecule has 1 aliphatic rings. The summed E-state index contributed by atoms with van der Waals surface area (Å²) in [4.78, 5) is 20.7. The Morgan fingerprint density at radius 1 is 1.64 bits per heavy atom. The van der Waals surface area contributed by atoms with Crippen molar-refractivity contribution in [2.24, 2.45) is 5.73 Å². The molecule has 0 aromatic heterocycles. The molecule has 11 heavy (non-hydrogen) atoms. The van der Waals surface area contributed by atoms with Crippen LogP contribution in [0, 0.1) is 0 Å². The first-order valence-electron chi connectivity index (χ1n) is 3.22. The van der Waals surface area contributed by atoms with E-state index in [2.05, 4.69) is 0 Å². The number of carboxylic acid groups (broad SMARTS) is 1. The summed E-state index contributed by atoms with van der Waals surface area (Å²) in [5.41, 5.74) is 4.00. The van der Waals surface area contributed by atoms with Gasteiger partial charge in [-0.05, 0) is 6.42 Å². The minimum absolute atomic E-state index is 0.0804. The van der Waals surface area contributed by atoms with Crippen LogP contribution in [0.5, 0.6) is 0 Å². The van der Waals surface area contributed by atoms with Crippen molar-refractivity contribution in [2.75, 3.05) is 6.61 Å². The van der Waals surface area contributed by atoms with Crippen molar-refractivity contribution in [2.45, 2.75) is 18.4 Å². The number of ether oxygens (including phenoxy) is 1. The van der Waals surface area contributed by atoms with Crippen LogP contribution in [0.4, 0.5) is 0 Å². The van der Waals surface area contributed by atoms with Crippen LogP contribution in [0.15, 0.2) is 0 Å². The zero-order valence-corrected chi connectivity index (χ0v) is 5.87. The van der Waals surface area contributed by atoms with E-state index in [-0.39, 0.29) is 19.4 Å². The van der Waals surface area contributed by atoms with E-state index in [0.717, 1.165) is 0 Å². The molecule has 0 aromatic carbocycles. The maximum Gasteiger partial charge on any atom is 0.303 e. The van der Waals surface area contributed by atoms with Gasteiger partial charge in [0.2, 0.25) is 0 Å². The summed E-state index contributed by atoms with van der Waals surface area (Å²) < 4.78 is 4.77. The van der Waals surface area contributed by atoms with Crippen molar-refractivity contribution in [1.29, 1.82) is 0 Å². The summed E-state index contributed by atoms with van der Waals surface area (Å²) in [7, 11) is 0. The smallest absolute Gasteiger partial charge is 0.303 e. The summed E-state index contributed by atoms with van der Waals surface area (Å²) in [5.74, 6) is -1.51. The lowest BCUT2D eigenvalue weighted by Gasteiger charge is -2.03. The molecule has 1 fully saturated rings. The Morgan fingerprint density at radius 2 is 2.18 bits per heavy atom. The van der Waals surface area contributed by atoms with Gasteiger partial charge in [0.1, 0.15) is 0 Å². The normalized spacial score (nSPS) is 28.0. The topological polar surface area (TPSA) is 92.9 Å². The molecule has 1 heterocycles. The van der Waals surface area contributed by atoms with Gasteiger partial charge in [-0.25, -0.2) is 0 Å². The Labute approximate surface area is 63.1 Å². The van der Waals surface area contributed by atoms with Crippen molar-refractivity contribution < 1.29 is 19.4 Å². The first-order chi connectivity index (χ1) is 5.07. The molecule has 5 nitrogen and oxygen atoms in total. The van der Waals surface area contributed by atoms with Gasteiger partial charge in [0.15, 0.2) is 5.60 Å². The highest BCUT2D eigenvalue weighted by molar-refractivity contribution is 5.86. The lowest BCUT2D eigenvalue weighted by atomic mass is 10.0. The van der Waals surface area contributed by atoms with Crippen LogP contribution in [0.1, 0.15) is 12.8 Å². The molecule has 0 aromatic rings. The molecule has 1 atom stereocenters. The fourth-order valence-electron chi connectivity index (χ4n) is 0.806. The summed E-state index contributed by atoms with van der Waals surface area (Å²) >= 11 is 0. The zero-order valence-electron chi connectivity index (χ0n) is 5.87. The number of rotatable bonds is 4. The van der Waals surface area contributed by atoms with Crippen molar-refractivity contribution >= 4 is 11.9 Å². The van der Waals surface area contributed by atoms with Crippen LogP contribution in [0.2, 0.25) is 0 Å². The fraction of sp³-hybridized carbons (Fsp3) is 0.667. The average molecular weight is 159 g/mol. The third-order valence-corrected chi connectivity index (χ3v) is 1.68. The van der Waals surface area contributed by atoms with E-state index in [0.29, 0.717) is 0 Å². The number of amides is 1. The maximum atomic E-state index is 10.6. The Balaban J connectivity index is 2.36. The number of primary amides is 1. The van der Waals surface area contributed by atoms with Crippen molar-refractivity contribution in [3.05, 3.63) is 0 Å². The van der Waals surface area contributed by atoms with Gasteiger partial charge in [0.05, 0.1) is 6.61 Å². The zero-order chi connectivity index (χ0) is 8.48. The fourth-order valence-corrected chi connectivity index (χ4v) is 0.806. The minimum atomic E-state index is -0.960. The van der Waals surface area contributed by atoms with E-state index in [1.54, 1.807) is 0 Å². The lowest BCUT2D eigenvalue weighted by molar-refractivity contribution is -0.137. The van der Waals surface area contributed by atoms with Crippen molar-refractivity contribution in [3.63, 3.8) is 0 Å². The van der Waals surface area contributed by atoms with Crippen LogP contribution >= 0.6 is 0 Å². The van der Waals surface area contributed by atoms with Crippen LogP contribution in [0.25, 0.3) is 0 Å². The maximum absolute atomic E-state index is 10.6. The van der Waals surface area contributed by atoms with E-state index >= 15 is 0 Å². The number of hydrogen-bond donors (Lipinski definition) is 2. The molecule has 1 amide bonds. The molecular weight excluding hydrogens is 150 g/mol. The molecule has 0 saturated carbocycles. The number of epoxide rings is 1.